The van der Waals surface area contributed by atoms with E-state index < -0.39 is 5.97 Å². The zero-order chi connectivity index (χ0) is 12.9. The van der Waals surface area contributed by atoms with Gasteiger partial charge in [-0.05, 0) is 29.8 Å². The molecular formula is C14H16N2O2. The van der Waals surface area contributed by atoms with Crippen LogP contribution in [0.5, 0.6) is 0 Å². The van der Waals surface area contributed by atoms with Crippen molar-refractivity contribution >= 4 is 16.9 Å². The fourth-order valence-electron chi connectivity index (χ4n) is 2.74. The van der Waals surface area contributed by atoms with Gasteiger partial charge in [0.15, 0.2) is 0 Å². The minimum Gasteiger partial charge on any atom is -0.478 e. The first-order chi connectivity index (χ1) is 8.60. The normalized spacial score (nSPS) is 15.2. The lowest BCUT2D eigenvalue weighted by Gasteiger charge is -2.09. The van der Waals surface area contributed by atoms with Crippen LogP contribution in [0.1, 0.15) is 28.4 Å². The van der Waals surface area contributed by atoms with Gasteiger partial charge in [0.1, 0.15) is 0 Å². The lowest BCUT2D eigenvalue weighted by atomic mass is 10.1. The third-order valence-corrected chi connectivity index (χ3v) is 3.78. The van der Waals surface area contributed by atoms with Gasteiger partial charge < -0.3 is 9.67 Å². The van der Waals surface area contributed by atoms with E-state index >= 15 is 0 Å². The van der Waals surface area contributed by atoms with Gasteiger partial charge >= 0.3 is 5.97 Å². The zero-order valence-corrected chi connectivity index (χ0v) is 10.6. The second kappa shape index (κ2) is 3.85. The number of benzene rings is 1. The topological polar surface area (TPSA) is 45.5 Å². The van der Waals surface area contributed by atoms with Crippen LogP contribution in [0.25, 0.3) is 10.9 Å². The van der Waals surface area contributed by atoms with Crippen molar-refractivity contribution in [3.05, 3.63) is 35.0 Å². The van der Waals surface area contributed by atoms with E-state index in [1.165, 1.54) is 11.1 Å². The molecule has 0 saturated heterocycles. The molecule has 1 N–H and O–H groups in total. The monoisotopic (exact) mass is 244 g/mol. The summed E-state index contributed by atoms with van der Waals surface area (Å²) in [6.07, 6.45) is 1.69. The Balaban J connectivity index is 2.21. The maximum Gasteiger partial charge on any atom is 0.337 e. The van der Waals surface area contributed by atoms with Gasteiger partial charge in [-0.3, -0.25) is 4.90 Å². The molecule has 0 bridgehead atoms. The average molecular weight is 244 g/mol. The lowest BCUT2D eigenvalue weighted by molar-refractivity contribution is 0.0699. The average Bonchev–Trinajstić information content (AvgIpc) is 2.88. The number of aromatic nitrogens is 1. The minimum atomic E-state index is -0.856. The van der Waals surface area contributed by atoms with Crippen molar-refractivity contribution in [2.24, 2.45) is 7.05 Å². The molecule has 3 rings (SSSR count). The molecule has 4 heteroatoms. The van der Waals surface area contributed by atoms with E-state index in [0.717, 1.165) is 30.5 Å². The fraction of sp³-hybridized carbons (Fsp3) is 0.357. The zero-order valence-electron chi connectivity index (χ0n) is 10.6. The van der Waals surface area contributed by atoms with Crippen LogP contribution in [0.3, 0.4) is 0 Å². The van der Waals surface area contributed by atoms with Gasteiger partial charge in [-0.1, -0.05) is 6.92 Å². The second-order valence-corrected chi connectivity index (χ2v) is 4.90. The molecule has 0 fully saturated rings. The Labute approximate surface area is 105 Å². The molecule has 94 valence electrons. The van der Waals surface area contributed by atoms with Crippen LogP contribution in [0.4, 0.5) is 0 Å². The van der Waals surface area contributed by atoms with Gasteiger partial charge in [0.2, 0.25) is 0 Å². The summed E-state index contributed by atoms with van der Waals surface area (Å²) in [6.45, 7) is 5.07. The van der Waals surface area contributed by atoms with E-state index in [-0.39, 0.29) is 0 Å². The van der Waals surface area contributed by atoms with Gasteiger partial charge in [-0.15, -0.1) is 0 Å². The number of carboxylic acid groups (broad SMARTS) is 1. The highest BCUT2D eigenvalue weighted by Gasteiger charge is 2.21. The predicted octanol–water partition coefficient (Wildman–Crippen LogP) is 2.21. The van der Waals surface area contributed by atoms with Crippen LogP contribution in [0.15, 0.2) is 18.3 Å². The first-order valence-electron chi connectivity index (χ1n) is 6.16. The highest BCUT2D eigenvalue weighted by molar-refractivity contribution is 6.03. The third kappa shape index (κ3) is 1.53. The molecule has 1 aromatic carbocycles. The molecule has 0 radical (unpaired) electrons. The van der Waals surface area contributed by atoms with Crippen LogP contribution in [-0.4, -0.2) is 27.1 Å². The lowest BCUT2D eigenvalue weighted by Crippen LogP contribution is -2.14. The molecule has 4 nitrogen and oxygen atoms in total. The number of aryl methyl sites for hydroxylation is 1. The van der Waals surface area contributed by atoms with E-state index in [9.17, 15) is 9.90 Å². The second-order valence-electron chi connectivity index (χ2n) is 4.90. The van der Waals surface area contributed by atoms with Crippen molar-refractivity contribution in [3.8, 4) is 0 Å². The Kier molecular flexibility index (Phi) is 2.41. The number of carbonyl (C=O) groups is 1. The summed E-state index contributed by atoms with van der Waals surface area (Å²) in [5.74, 6) is -0.856. The first-order valence-corrected chi connectivity index (χ1v) is 6.16. The van der Waals surface area contributed by atoms with E-state index in [2.05, 4.69) is 17.9 Å². The molecule has 2 heterocycles. The SMILES string of the molecule is CCN1Cc2cc3c(C(=O)O)cn(C)c3cc2C1. The number of hydrogen-bond donors (Lipinski definition) is 1. The van der Waals surface area contributed by atoms with E-state index in [1.54, 1.807) is 6.20 Å². The molecule has 0 spiro atoms. The maximum atomic E-state index is 11.2. The summed E-state index contributed by atoms with van der Waals surface area (Å²) < 4.78 is 1.90. The molecule has 0 unspecified atom stereocenters. The van der Waals surface area contributed by atoms with E-state index in [1.807, 2.05) is 17.7 Å². The molecule has 0 saturated carbocycles. The van der Waals surface area contributed by atoms with Crippen LogP contribution < -0.4 is 0 Å². The van der Waals surface area contributed by atoms with Crippen molar-refractivity contribution in [2.45, 2.75) is 20.0 Å². The van der Waals surface area contributed by atoms with Crippen LogP contribution in [-0.2, 0) is 20.1 Å². The van der Waals surface area contributed by atoms with E-state index in [4.69, 9.17) is 0 Å². The summed E-state index contributed by atoms with van der Waals surface area (Å²) >= 11 is 0. The van der Waals surface area contributed by atoms with Crippen molar-refractivity contribution in [1.82, 2.24) is 9.47 Å². The molecule has 0 amide bonds. The molecule has 1 aromatic heterocycles. The highest BCUT2D eigenvalue weighted by Crippen LogP contribution is 2.30. The smallest absolute Gasteiger partial charge is 0.337 e. The summed E-state index contributed by atoms with van der Waals surface area (Å²) in [6, 6.07) is 4.18. The Bertz CT molecular complexity index is 643. The van der Waals surface area contributed by atoms with Crippen LogP contribution in [0.2, 0.25) is 0 Å². The highest BCUT2D eigenvalue weighted by atomic mass is 16.4. The van der Waals surface area contributed by atoms with E-state index in [0.29, 0.717) is 5.56 Å². The number of fused-ring (bicyclic) bond motifs is 2. The number of rotatable bonds is 2. The fourth-order valence-corrected chi connectivity index (χ4v) is 2.74. The first kappa shape index (κ1) is 11.3. The number of hydrogen-bond acceptors (Lipinski definition) is 2. The van der Waals surface area contributed by atoms with Gasteiger partial charge in [0, 0.05) is 37.2 Å². The van der Waals surface area contributed by atoms with Gasteiger partial charge in [0.05, 0.1) is 5.56 Å². The Morgan fingerprint density at radius 2 is 2.00 bits per heavy atom. The quantitative estimate of drug-likeness (QED) is 0.881. The molecule has 2 aromatic rings. The minimum absolute atomic E-state index is 0.394. The molecule has 1 aliphatic rings. The van der Waals surface area contributed by atoms with Crippen molar-refractivity contribution in [1.29, 1.82) is 0 Å². The molecule has 18 heavy (non-hydrogen) atoms. The predicted molar refractivity (Wildman–Crippen MR) is 69.7 cm³/mol. The Hall–Kier alpha value is -1.81. The largest absolute Gasteiger partial charge is 0.478 e. The summed E-state index contributed by atoms with van der Waals surface area (Å²) in [5.41, 5.74) is 3.98. The van der Waals surface area contributed by atoms with Gasteiger partial charge in [0.25, 0.3) is 0 Å². The Morgan fingerprint density at radius 1 is 1.33 bits per heavy atom. The number of nitrogens with zero attached hydrogens (tertiary/aromatic N) is 2. The maximum absolute atomic E-state index is 11.2. The molecule has 1 aliphatic heterocycles. The van der Waals surface area contributed by atoms with Crippen molar-refractivity contribution in [3.63, 3.8) is 0 Å². The third-order valence-electron chi connectivity index (χ3n) is 3.78. The van der Waals surface area contributed by atoms with Crippen molar-refractivity contribution < 1.29 is 9.90 Å². The number of aromatic carboxylic acids is 1. The Morgan fingerprint density at radius 3 is 2.61 bits per heavy atom. The van der Waals surface area contributed by atoms with Crippen LogP contribution >= 0.6 is 0 Å². The van der Waals surface area contributed by atoms with Crippen LogP contribution in [0, 0.1) is 0 Å². The van der Waals surface area contributed by atoms with Gasteiger partial charge in [-0.2, -0.15) is 0 Å². The van der Waals surface area contributed by atoms with Gasteiger partial charge in [-0.25, -0.2) is 4.79 Å². The summed E-state index contributed by atoms with van der Waals surface area (Å²) in [7, 11) is 1.90. The summed E-state index contributed by atoms with van der Waals surface area (Å²) in [5, 5.41) is 10.1. The molecule has 0 atom stereocenters. The summed E-state index contributed by atoms with van der Waals surface area (Å²) in [4.78, 5) is 13.6. The molecule has 0 aliphatic carbocycles. The standard InChI is InChI=1S/C14H16N2O2/c1-3-16-6-9-4-11-12(14(17)18)8-15(2)13(11)5-10(9)7-16/h4-5,8H,3,6-7H2,1-2H3,(H,17,18). The molecular weight excluding hydrogens is 228 g/mol. The van der Waals surface area contributed by atoms with Crippen molar-refractivity contribution in [2.75, 3.05) is 6.54 Å². The number of carboxylic acids is 1.